The van der Waals surface area contributed by atoms with E-state index in [0.29, 0.717) is 43.5 Å². The third-order valence-corrected chi connectivity index (χ3v) is 8.85. The molecule has 0 aliphatic carbocycles. The summed E-state index contributed by atoms with van der Waals surface area (Å²) in [4.78, 5) is 12.4. The number of esters is 1. The summed E-state index contributed by atoms with van der Waals surface area (Å²) in [6.45, 7) is 2.09. The highest BCUT2D eigenvalue weighted by atomic mass is 16.5. The number of carbonyl (C=O) groups excluding carboxylic acids is 1. The molecule has 0 heterocycles. The van der Waals surface area contributed by atoms with Crippen molar-refractivity contribution < 1.29 is 28.5 Å². The number of unbranched alkanes of at least 4 members (excludes halogenated alkanes) is 2. The van der Waals surface area contributed by atoms with Gasteiger partial charge in [0.05, 0.1) is 39.1 Å². The molecule has 0 aliphatic heterocycles. The van der Waals surface area contributed by atoms with Crippen molar-refractivity contribution >= 4 is 49.1 Å². The zero-order valence-corrected chi connectivity index (χ0v) is 28.2. The number of rotatable bonds is 15. The maximum atomic E-state index is 12.4. The Bertz CT molecular complexity index is 2000. The van der Waals surface area contributed by atoms with E-state index in [1.807, 2.05) is 30.3 Å². The minimum Gasteiger partial charge on any atom is -0.493 e. The Morgan fingerprint density at radius 2 is 0.780 bits per heavy atom. The number of benzene rings is 7. The number of carbonyl (C=O) groups is 1. The molecule has 0 aromatic heterocycles. The molecule has 6 nitrogen and oxygen atoms in total. The third kappa shape index (κ3) is 7.45. The van der Waals surface area contributed by atoms with Gasteiger partial charge in [-0.2, -0.15) is 0 Å². The van der Waals surface area contributed by atoms with Crippen LogP contribution in [0.2, 0.25) is 0 Å². The average molecular weight is 665 g/mol. The van der Waals surface area contributed by atoms with Gasteiger partial charge in [0.2, 0.25) is 0 Å². The Labute approximate surface area is 292 Å². The van der Waals surface area contributed by atoms with E-state index in [1.54, 1.807) is 12.1 Å². The molecule has 0 fully saturated rings. The molecule has 0 N–H and O–H groups in total. The summed E-state index contributed by atoms with van der Waals surface area (Å²) in [5.41, 5.74) is 0.386. The van der Waals surface area contributed by atoms with Crippen LogP contribution in [0.25, 0.3) is 43.1 Å². The third-order valence-electron chi connectivity index (χ3n) is 8.85. The molecule has 0 bridgehead atoms. The standard InChI is InChI=1S/C44H40O6/c1-46-44(45)35-28-36(47-22-10-12-24-49-42-38-18-6-2-14-31(38)26-32-15-3-7-19-39(32)42)30-37(29-35)48-23-11-13-25-50-43-40-20-8-4-16-33(40)27-34-17-5-9-21-41(34)43/h2-9,14-21,26-30H,10-13,22-25H2,1H3. The molecule has 7 aromatic rings. The normalized spacial score (nSPS) is 11.2. The van der Waals surface area contributed by atoms with E-state index in [-0.39, 0.29) is 0 Å². The van der Waals surface area contributed by atoms with Crippen LogP contribution in [0.15, 0.2) is 127 Å². The van der Waals surface area contributed by atoms with Crippen LogP contribution in [0.4, 0.5) is 0 Å². The zero-order valence-electron chi connectivity index (χ0n) is 28.2. The Hall–Kier alpha value is -5.75. The van der Waals surface area contributed by atoms with Crippen LogP contribution in [0, 0.1) is 0 Å². The Kier molecular flexibility index (Phi) is 10.3. The first-order valence-corrected chi connectivity index (χ1v) is 17.2. The number of fused-ring (bicyclic) bond motifs is 4. The van der Waals surface area contributed by atoms with Crippen LogP contribution in [0.3, 0.4) is 0 Å². The predicted molar refractivity (Wildman–Crippen MR) is 201 cm³/mol. The maximum Gasteiger partial charge on any atom is 0.338 e. The highest BCUT2D eigenvalue weighted by Crippen LogP contribution is 2.36. The summed E-state index contributed by atoms with van der Waals surface area (Å²) in [7, 11) is 1.37. The quantitative estimate of drug-likeness (QED) is 0.0618. The van der Waals surface area contributed by atoms with Crippen molar-refractivity contribution in [2.75, 3.05) is 33.5 Å². The van der Waals surface area contributed by atoms with Crippen LogP contribution in [0.5, 0.6) is 23.0 Å². The van der Waals surface area contributed by atoms with Crippen molar-refractivity contribution in [1.82, 2.24) is 0 Å². The molecule has 0 saturated carbocycles. The summed E-state index contributed by atoms with van der Waals surface area (Å²) in [6.07, 6.45) is 3.20. The van der Waals surface area contributed by atoms with E-state index in [0.717, 1.165) is 80.3 Å². The van der Waals surface area contributed by atoms with Gasteiger partial charge >= 0.3 is 5.97 Å². The van der Waals surface area contributed by atoms with E-state index in [9.17, 15) is 4.79 Å². The summed E-state index contributed by atoms with van der Waals surface area (Å²) in [6, 6.07) is 42.9. The second-order valence-electron chi connectivity index (χ2n) is 12.3. The van der Waals surface area contributed by atoms with E-state index < -0.39 is 5.97 Å². The largest absolute Gasteiger partial charge is 0.493 e. The fourth-order valence-electron chi connectivity index (χ4n) is 6.37. The van der Waals surface area contributed by atoms with Crippen molar-refractivity contribution in [3.05, 3.63) is 133 Å². The van der Waals surface area contributed by atoms with Crippen molar-refractivity contribution in [3.8, 4) is 23.0 Å². The number of methoxy groups -OCH3 is 1. The Morgan fingerprint density at radius 3 is 1.14 bits per heavy atom. The van der Waals surface area contributed by atoms with Crippen LogP contribution in [-0.4, -0.2) is 39.5 Å². The van der Waals surface area contributed by atoms with Gasteiger partial charge in [0.25, 0.3) is 0 Å². The van der Waals surface area contributed by atoms with Gasteiger partial charge in [-0.3, -0.25) is 0 Å². The van der Waals surface area contributed by atoms with Gasteiger partial charge in [-0.1, -0.05) is 97.1 Å². The second kappa shape index (κ2) is 15.6. The molecule has 0 saturated heterocycles. The van der Waals surface area contributed by atoms with Crippen LogP contribution in [-0.2, 0) is 4.74 Å². The summed E-state index contributed by atoms with van der Waals surface area (Å²) in [5.74, 6) is 2.53. The molecule has 0 amide bonds. The van der Waals surface area contributed by atoms with Crippen LogP contribution in [0.1, 0.15) is 36.0 Å². The molecular weight excluding hydrogens is 624 g/mol. The first-order valence-electron chi connectivity index (χ1n) is 17.2. The summed E-state index contributed by atoms with van der Waals surface area (Å²) >= 11 is 0. The zero-order chi connectivity index (χ0) is 34.1. The molecule has 0 spiro atoms. The van der Waals surface area contributed by atoms with Gasteiger partial charge in [-0.15, -0.1) is 0 Å². The van der Waals surface area contributed by atoms with Crippen molar-refractivity contribution in [3.63, 3.8) is 0 Å². The molecule has 0 unspecified atom stereocenters. The van der Waals surface area contributed by atoms with Gasteiger partial charge in [-0.05, 0) is 71.5 Å². The van der Waals surface area contributed by atoms with Gasteiger partial charge < -0.3 is 23.7 Å². The van der Waals surface area contributed by atoms with E-state index in [4.69, 9.17) is 23.7 Å². The molecule has 50 heavy (non-hydrogen) atoms. The number of ether oxygens (including phenoxy) is 5. The van der Waals surface area contributed by atoms with Crippen molar-refractivity contribution in [2.45, 2.75) is 25.7 Å². The van der Waals surface area contributed by atoms with Crippen molar-refractivity contribution in [1.29, 1.82) is 0 Å². The SMILES string of the molecule is COC(=O)c1cc(OCCCCOc2c3ccccc3cc3ccccc23)cc(OCCCCOc2c3ccccc3cc3ccccc23)c1. The minimum atomic E-state index is -0.438. The average Bonchev–Trinajstić information content (AvgIpc) is 3.16. The van der Waals surface area contributed by atoms with Crippen LogP contribution < -0.4 is 18.9 Å². The molecule has 7 aromatic carbocycles. The first kappa shape index (κ1) is 32.8. The Morgan fingerprint density at radius 1 is 0.440 bits per heavy atom. The van der Waals surface area contributed by atoms with E-state index in [1.165, 1.54) is 7.11 Å². The van der Waals surface area contributed by atoms with E-state index in [2.05, 4.69) is 84.9 Å². The predicted octanol–water partition coefficient (Wildman–Crippen LogP) is 10.6. The summed E-state index contributed by atoms with van der Waals surface area (Å²) in [5, 5.41) is 9.10. The fraction of sp³-hybridized carbons (Fsp3) is 0.205. The fourth-order valence-corrected chi connectivity index (χ4v) is 6.37. The molecule has 7 rings (SSSR count). The van der Waals surface area contributed by atoms with Crippen molar-refractivity contribution in [2.24, 2.45) is 0 Å². The molecule has 0 atom stereocenters. The minimum absolute atomic E-state index is 0.386. The number of hydrogen-bond acceptors (Lipinski definition) is 6. The number of hydrogen-bond donors (Lipinski definition) is 0. The Balaban J connectivity index is 0.907. The maximum absolute atomic E-state index is 12.4. The highest BCUT2D eigenvalue weighted by Gasteiger charge is 2.13. The lowest BCUT2D eigenvalue weighted by molar-refractivity contribution is 0.0599. The molecule has 6 heteroatoms. The second-order valence-corrected chi connectivity index (χ2v) is 12.3. The van der Waals surface area contributed by atoms with Gasteiger partial charge in [-0.25, -0.2) is 4.79 Å². The lowest BCUT2D eigenvalue weighted by Gasteiger charge is -2.14. The lowest BCUT2D eigenvalue weighted by Crippen LogP contribution is -2.07. The molecule has 252 valence electrons. The smallest absolute Gasteiger partial charge is 0.338 e. The molecule has 0 aliphatic rings. The van der Waals surface area contributed by atoms with Gasteiger partial charge in [0, 0.05) is 27.6 Å². The van der Waals surface area contributed by atoms with Gasteiger partial charge in [0.1, 0.15) is 23.0 Å². The van der Waals surface area contributed by atoms with Gasteiger partial charge in [0.15, 0.2) is 0 Å². The molecular formula is C44H40O6. The van der Waals surface area contributed by atoms with E-state index >= 15 is 0 Å². The highest BCUT2D eigenvalue weighted by molar-refractivity contribution is 6.06. The monoisotopic (exact) mass is 664 g/mol. The topological polar surface area (TPSA) is 63.2 Å². The lowest BCUT2D eigenvalue weighted by atomic mass is 10.0. The van der Waals surface area contributed by atoms with Crippen LogP contribution >= 0.6 is 0 Å². The summed E-state index contributed by atoms with van der Waals surface area (Å²) < 4.78 is 29.9. The first-order chi connectivity index (χ1) is 24.7. The molecule has 0 radical (unpaired) electrons.